The van der Waals surface area contributed by atoms with E-state index in [0.717, 1.165) is 17.6 Å². The molecular formula is C9H12ClNS. The Kier molecular flexibility index (Phi) is 2.40. The predicted molar refractivity (Wildman–Crippen MR) is 53.8 cm³/mol. The molecule has 0 aromatic carbocycles. The normalized spacial score (nSPS) is 17.2. The average Bonchev–Trinajstić information content (AvgIpc) is 2.80. The number of hydrogen-bond donors (Lipinski definition) is 0. The van der Waals surface area contributed by atoms with Gasteiger partial charge < -0.3 is 0 Å². The third kappa shape index (κ3) is 1.82. The summed E-state index contributed by atoms with van der Waals surface area (Å²) in [6, 6.07) is 2.80. The van der Waals surface area contributed by atoms with Crippen LogP contribution in [0.4, 0.5) is 0 Å². The summed E-state index contributed by atoms with van der Waals surface area (Å²) >= 11 is 7.74. The summed E-state index contributed by atoms with van der Waals surface area (Å²) in [5.74, 6) is 0. The van der Waals surface area contributed by atoms with Crippen LogP contribution < -0.4 is 0 Å². The molecule has 1 aromatic heterocycles. The number of nitrogens with zero attached hydrogens (tertiary/aromatic N) is 1. The molecule has 0 amide bonds. The van der Waals surface area contributed by atoms with Gasteiger partial charge in [0.25, 0.3) is 0 Å². The highest BCUT2D eigenvalue weighted by atomic mass is 35.5. The van der Waals surface area contributed by atoms with E-state index in [4.69, 9.17) is 11.6 Å². The summed E-state index contributed by atoms with van der Waals surface area (Å²) in [6.45, 7) is 1.02. The van der Waals surface area contributed by atoms with E-state index >= 15 is 0 Å². The molecule has 2 rings (SSSR count). The Morgan fingerprint density at radius 2 is 2.42 bits per heavy atom. The minimum atomic E-state index is 0.822. The maximum absolute atomic E-state index is 5.99. The molecule has 3 heteroatoms. The molecule has 66 valence electrons. The zero-order valence-corrected chi connectivity index (χ0v) is 8.66. The molecule has 0 radical (unpaired) electrons. The van der Waals surface area contributed by atoms with Crippen LogP contribution in [0.1, 0.15) is 17.7 Å². The molecule has 0 spiro atoms. The third-order valence-electron chi connectivity index (χ3n) is 2.25. The predicted octanol–water partition coefficient (Wildman–Crippen LogP) is 3.00. The van der Waals surface area contributed by atoms with Gasteiger partial charge in [0.1, 0.15) is 0 Å². The van der Waals surface area contributed by atoms with Crippen molar-refractivity contribution in [2.45, 2.75) is 25.4 Å². The summed E-state index contributed by atoms with van der Waals surface area (Å²) < 4.78 is 0. The summed E-state index contributed by atoms with van der Waals surface area (Å²) in [7, 11) is 2.17. The molecule has 1 aromatic rings. The van der Waals surface area contributed by atoms with Crippen LogP contribution in [0.3, 0.4) is 0 Å². The van der Waals surface area contributed by atoms with Gasteiger partial charge in [-0.3, -0.25) is 4.90 Å². The van der Waals surface area contributed by atoms with E-state index < -0.39 is 0 Å². The van der Waals surface area contributed by atoms with Crippen LogP contribution in [0.5, 0.6) is 0 Å². The lowest BCUT2D eigenvalue weighted by atomic mass is 10.4. The molecule has 0 bridgehead atoms. The monoisotopic (exact) mass is 201 g/mol. The molecule has 0 N–H and O–H groups in total. The Morgan fingerprint density at radius 3 is 2.92 bits per heavy atom. The van der Waals surface area contributed by atoms with E-state index in [-0.39, 0.29) is 0 Å². The van der Waals surface area contributed by atoms with Gasteiger partial charge >= 0.3 is 0 Å². The van der Waals surface area contributed by atoms with Gasteiger partial charge in [-0.05, 0) is 31.3 Å². The fourth-order valence-electron chi connectivity index (χ4n) is 1.31. The molecule has 12 heavy (non-hydrogen) atoms. The average molecular weight is 202 g/mol. The fourth-order valence-corrected chi connectivity index (χ4v) is 2.47. The van der Waals surface area contributed by atoms with Crippen molar-refractivity contribution < 1.29 is 0 Å². The van der Waals surface area contributed by atoms with Crippen LogP contribution in [0, 0.1) is 0 Å². The number of rotatable bonds is 3. The van der Waals surface area contributed by atoms with Crippen molar-refractivity contribution in [1.29, 1.82) is 0 Å². The summed E-state index contributed by atoms with van der Waals surface area (Å²) in [5.41, 5.74) is 0. The Bertz CT molecular complexity index is 267. The van der Waals surface area contributed by atoms with E-state index in [1.54, 1.807) is 11.3 Å². The SMILES string of the molecule is CN(Cc1sccc1Cl)C1CC1. The number of hydrogen-bond acceptors (Lipinski definition) is 2. The Balaban J connectivity index is 1.97. The molecule has 1 saturated carbocycles. The molecule has 0 saturated heterocycles. The van der Waals surface area contributed by atoms with E-state index in [0.29, 0.717) is 0 Å². The molecule has 0 unspecified atom stereocenters. The van der Waals surface area contributed by atoms with Gasteiger partial charge in [-0.1, -0.05) is 11.6 Å². The van der Waals surface area contributed by atoms with Gasteiger partial charge in [0.05, 0.1) is 5.02 Å². The second-order valence-electron chi connectivity index (χ2n) is 3.34. The fraction of sp³-hybridized carbons (Fsp3) is 0.556. The standard InChI is InChI=1S/C9H12ClNS/c1-11(7-2-3-7)6-9-8(10)4-5-12-9/h4-5,7H,2-3,6H2,1H3. The largest absolute Gasteiger partial charge is 0.298 e. The molecule has 1 aliphatic carbocycles. The van der Waals surface area contributed by atoms with E-state index in [1.807, 2.05) is 6.07 Å². The Morgan fingerprint density at radius 1 is 1.67 bits per heavy atom. The highest BCUT2D eigenvalue weighted by Crippen LogP contribution is 2.30. The quantitative estimate of drug-likeness (QED) is 0.727. The van der Waals surface area contributed by atoms with Crippen LogP contribution in [0.2, 0.25) is 5.02 Å². The van der Waals surface area contributed by atoms with Gasteiger partial charge in [0, 0.05) is 17.5 Å². The van der Waals surface area contributed by atoms with Crippen LogP contribution in [-0.4, -0.2) is 18.0 Å². The molecule has 1 aliphatic rings. The van der Waals surface area contributed by atoms with Gasteiger partial charge in [-0.15, -0.1) is 11.3 Å². The highest BCUT2D eigenvalue weighted by Gasteiger charge is 2.26. The smallest absolute Gasteiger partial charge is 0.0558 e. The lowest BCUT2D eigenvalue weighted by Crippen LogP contribution is -2.19. The third-order valence-corrected chi connectivity index (χ3v) is 3.63. The first kappa shape index (κ1) is 8.54. The maximum Gasteiger partial charge on any atom is 0.0558 e. The van der Waals surface area contributed by atoms with Gasteiger partial charge in [0.15, 0.2) is 0 Å². The first-order chi connectivity index (χ1) is 5.77. The minimum absolute atomic E-state index is 0.822. The van der Waals surface area contributed by atoms with Crippen molar-refractivity contribution in [2.75, 3.05) is 7.05 Å². The first-order valence-corrected chi connectivity index (χ1v) is 5.45. The lowest BCUT2D eigenvalue weighted by Gasteiger charge is -2.14. The lowest BCUT2D eigenvalue weighted by molar-refractivity contribution is 0.319. The van der Waals surface area contributed by atoms with Crippen molar-refractivity contribution in [3.63, 3.8) is 0 Å². The molecule has 0 atom stereocenters. The van der Waals surface area contributed by atoms with Crippen molar-refractivity contribution in [2.24, 2.45) is 0 Å². The maximum atomic E-state index is 5.99. The second kappa shape index (κ2) is 3.36. The number of halogens is 1. The van der Waals surface area contributed by atoms with Crippen LogP contribution >= 0.6 is 22.9 Å². The van der Waals surface area contributed by atoms with E-state index in [9.17, 15) is 0 Å². The van der Waals surface area contributed by atoms with Gasteiger partial charge in [-0.25, -0.2) is 0 Å². The second-order valence-corrected chi connectivity index (χ2v) is 4.75. The molecule has 1 nitrogen and oxygen atoms in total. The van der Waals surface area contributed by atoms with Gasteiger partial charge in [0.2, 0.25) is 0 Å². The highest BCUT2D eigenvalue weighted by molar-refractivity contribution is 7.10. The van der Waals surface area contributed by atoms with E-state index in [1.165, 1.54) is 17.7 Å². The Hall–Kier alpha value is -0.0500. The van der Waals surface area contributed by atoms with Crippen molar-refractivity contribution in [1.82, 2.24) is 4.90 Å². The topological polar surface area (TPSA) is 3.24 Å². The molecule has 1 fully saturated rings. The zero-order chi connectivity index (χ0) is 8.55. The van der Waals surface area contributed by atoms with Crippen LogP contribution in [0.15, 0.2) is 11.4 Å². The first-order valence-electron chi connectivity index (χ1n) is 4.19. The minimum Gasteiger partial charge on any atom is -0.298 e. The summed E-state index contributed by atoms with van der Waals surface area (Å²) in [4.78, 5) is 3.68. The van der Waals surface area contributed by atoms with Crippen LogP contribution in [0.25, 0.3) is 0 Å². The summed E-state index contributed by atoms with van der Waals surface area (Å²) in [5, 5.41) is 2.98. The van der Waals surface area contributed by atoms with Crippen molar-refractivity contribution >= 4 is 22.9 Å². The Labute approximate surface area is 82.0 Å². The number of thiophene rings is 1. The summed E-state index contributed by atoms with van der Waals surface area (Å²) in [6.07, 6.45) is 2.72. The van der Waals surface area contributed by atoms with Crippen LogP contribution in [-0.2, 0) is 6.54 Å². The zero-order valence-electron chi connectivity index (χ0n) is 7.09. The van der Waals surface area contributed by atoms with E-state index in [2.05, 4.69) is 17.3 Å². The molecule has 1 heterocycles. The van der Waals surface area contributed by atoms with Crippen molar-refractivity contribution in [3.05, 3.63) is 21.3 Å². The van der Waals surface area contributed by atoms with Crippen molar-refractivity contribution in [3.8, 4) is 0 Å². The molecule has 0 aliphatic heterocycles. The molecular weight excluding hydrogens is 190 g/mol. The van der Waals surface area contributed by atoms with Gasteiger partial charge in [-0.2, -0.15) is 0 Å².